The molecule has 2 aromatic rings. The molecule has 0 spiro atoms. The van der Waals surface area contributed by atoms with Gasteiger partial charge in [0.1, 0.15) is 5.82 Å². The number of rotatable bonds is 4. The average molecular weight is 275 g/mol. The van der Waals surface area contributed by atoms with E-state index in [-0.39, 0.29) is 0 Å². The number of halogens is 1. The summed E-state index contributed by atoms with van der Waals surface area (Å²) in [7, 11) is 0. The van der Waals surface area contributed by atoms with E-state index in [9.17, 15) is 0 Å². The van der Waals surface area contributed by atoms with Gasteiger partial charge in [0.25, 0.3) is 0 Å². The van der Waals surface area contributed by atoms with Crippen LogP contribution in [0.2, 0.25) is 0 Å². The van der Waals surface area contributed by atoms with E-state index in [1.165, 1.54) is 24.6 Å². The fourth-order valence-electron chi connectivity index (χ4n) is 2.97. The van der Waals surface area contributed by atoms with E-state index < -0.39 is 0 Å². The molecule has 1 aliphatic rings. The maximum absolute atomic E-state index is 5.82. The molecule has 2 heterocycles. The molecular weight excluding hydrogens is 256 g/mol. The van der Waals surface area contributed by atoms with Gasteiger partial charge in [-0.05, 0) is 43.9 Å². The number of alkyl halides is 1. The summed E-state index contributed by atoms with van der Waals surface area (Å²) in [5, 5.41) is 1.21. The quantitative estimate of drug-likeness (QED) is 0.776. The van der Waals surface area contributed by atoms with Crippen LogP contribution in [0, 0.1) is 0 Å². The van der Waals surface area contributed by atoms with Gasteiger partial charge in [-0.3, -0.25) is 0 Å². The molecule has 0 amide bonds. The monoisotopic (exact) mass is 274 g/mol. The second-order valence-electron chi connectivity index (χ2n) is 5.18. The lowest BCUT2D eigenvalue weighted by Crippen LogP contribution is -2.29. The summed E-state index contributed by atoms with van der Waals surface area (Å²) < 4.78 is 0. The van der Waals surface area contributed by atoms with Gasteiger partial charge in [0.2, 0.25) is 0 Å². The summed E-state index contributed by atoms with van der Waals surface area (Å²) in [5.74, 6) is 1.88. The van der Waals surface area contributed by atoms with Gasteiger partial charge in [0.15, 0.2) is 0 Å². The van der Waals surface area contributed by atoms with Crippen molar-refractivity contribution in [1.29, 1.82) is 0 Å². The first-order chi connectivity index (χ1) is 9.38. The van der Waals surface area contributed by atoms with Gasteiger partial charge in [-0.25, -0.2) is 4.98 Å². The molecular formula is C16H19ClN2. The molecule has 1 aromatic carbocycles. The Labute approximate surface area is 119 Å². The van der Waals surface area contributed by atoms with Crippen LogP contribution in [-0.2, 0) is 0 Å². The minimum atomic E-state index is 0.618. The van der Waals surface area contributed by atoms with Crippen molar-refractivity contribution in [2.24, 2.45) is 0 Å². The first-order valence-corrected chi connectivity index (χ1v) is 7.60. The molecule has 2 nitrogen and oxygen atoms in total. The Morgan fingerprint density at radius 1 is 1.21 bits per heavy atom. The number of anilines is 1. The van der Waals surface area contributed by atoms with Gasteiger partial charge >= 0.3 is 0 Å². The zero-order chi connectivity index (χ0) is 13.1. The van der Waals surface area contributed by atoms with Crippen LogP contribution in [0.15, 0.2) is 36.4 Å². The topological polar surface area (TPSA) is 16.1 Å². The number of para-hydroxylation sites is 1. The predicted octanol–water partition coefficient (Wildman–Crippen LogP) is 4.22. The number of pyridine rings is 1. The van der Waals surface area contributed by atoms with Crippen molar-refractivity contribution in [3.63, 3.8) is 0 Å². The van der Waals surface area contributed by atoms with Gasteiger partial charge in [0.05, 0.1) is 5.52 Å². The molecule has 1 unspecified atom stereocenters. The highest BCUT2D eigenvalue weighted by Gasteiger charge is 2.25. The Balaban J connectivity index is 1.86. The highest BCUT2D eigenvalue weighted by atomic mass is 35.5. The van der Waals surface area contributed by atoms with E-state index in [4.69, 9.17) is 16.6 Å². The molecule has 0 aliphatic carbocycles. The highest BCUT2D eigenvalue weighted by Crippen LogP contribution is 2.28. The maximum atomic E-state index is 5.82. The summed E-state index contributed by atoms with van der Waals surface area (Å²) in [6.07, 6.45) is 4.81. The molecule has 19 heavy (non-hydrogen) atoms. The van der Waals surface area contributed by atoms with Crippen LogP contribution < -0.4 is 4.90 Å². The SMILES string of the molecule is ClCCCC1CCCN1c1ccc2ccccc2n1. The lowest BCUT2D eigenvalue weighted by molar-refractivity contribution is 0.599. The first kappa shape index (κ1) is 12.7. The third-order valence-corrected chi connectivity index (χ3v) is 4.19. The van der Waals surface area contributed by atoms with Gasteiger partial charge < -0.3 is 4.90 Å². The number of nitrogens with zero attached hydrogens (tertiary/aromatic N) is 2. The van der Waals surface area contributed by atoms with Crippen molar-refractivity contribution >= 4 is 28.3 Å². The highest BCUT2D eigenvalue weighted by molar-refractivity contribution is 6.17. The van der Waals surface area contributed by atoms with Crippen LogP contribution in [0.3, 0.4) is 0 Å². The van der Waals surface area contributed by atoms with Gasteiger partial charge in [-0.2, -0.15) is 0 Å². The summed E-state index contributed by atoms with van der Waals surface area (Å²) >= 11 is 5.82. The molecule has 0 radical (unpaired) electrons. The van der Waals surface area contributed by atoms with Gasteiger partial charge in [-0.15, -0.1) is 11.6 Å². The molecule has 0 saturated carbocycles. The molecule has 1 saturated heterocycles. The smallest absolute Gasteiger partial charge is 0.129 e. The summed E-state index contributed by atoms with van der Waals surface area (Å²) in [4.78, 5) is 7.27. The van der Waals surface area contributed by atoms with Crippen LogP contribution in [0.1, 0.15) is 25.7 Å². The molecule has 0 N–H and O–H groups in total. The van der Waals surface area contributed by atoms with Crippen LogP contribution in [0.25, 0.3) is 10.9 Å². The summed E-state index contributed by atoms with van der Waals surface area (Å²) in [5.41, 5.74) is 1.09. The zero-order valence-electron chi connectivity index (χ0n) is 11.1. The van der Waals surface area contributed by atoms with Crippen molar-refractivity contribution in [3.05, 3.63) is 36.4 Å². The molecule has 3 heteroatoms. The second-order valence-corrected chi connectivity index (χ2v) is 5.56. The molecule has 1 fully saturated rings. The number of aromatic nitrogens is 1. The van der Waals surface area contributed by atoms with E-state index in [1.54, 1.807) is 0 Å². The zero-order valence-corrected chi connectivity index (χ0v) is 11.8. The van der Waals surface area contributed by atoms with E-state index in [0.29, 0.717) is 6.04 Å². The van der Waals surface area contributed by atoms with E-state index in [0.717, 1.165) is 30.2 Å². The van der Waals surface area contributed by atoms with Crippen molar-refractivity contribution in [1.82, 2.24) is 4.98 Å². The van der Waals surface area contributed by atoms with Gasteiger partial charge in [-0.1, -0.05) is 18.2 Å². The third kappa shape index (κ3) is 2.69. The Kier molecular flexibility index (Phi) is 3.88. The van der Waals surface area contributed by atoms with E-state index >= 15 is 0 Å². The molecule has 0 bridgehead atoms. The minimum Gasteiger partial charge on any atom is -0.354 e. The molecule has 1 atom stereocenters. The normalized spacial score (nSPS) is 19.2. The number of benzene rings is 1. The fraction of sp³-hybridized carbons (Fsp3) is 0.438. The molecule has 1 aromatic heterocycles. The lowest BCUT2D eigenvalue weighted by atomic mass is 10.1. The predicted molar refractivity (Wildman–Crippen MR) is 82.1 cm³/mol. The van der Waals surface area contributed by atoms with Crippen LogP contribution >= 0.6 is 11.6 Å². The van der Waals surface area contributed by atoms with Gasteiger partial charge in [0, 0.05) is 23.9 Å². The Bertz CT molecular complexity index is 555. The Morgan fingerprint density at radius 2 is 2.11 bits per heavy atom. The molecule has 100 valence electrons. The largest absolute Gasteiger partial charge is 0.354 e. The van der Waals surface area contributed by atoms with E-state index in [2.05, 4.69) is 35.2 Å². The van der Waals surface area contributed by atoms with Crippen molar-refractivity contribution in [3.8, 4) is 0 Å². The average Bonchev–Trinajstić information content (AvgIpc) is 2.93. The van der Waals surface area contributed by atoms with Crippen LogP contribution in [0.5, 0.6) is 0 Å². The second kappa shape index (κ2) is 5.79. The number of hydrogen-bond acceptors (Lipinski definition) is 2. The van der Waals surface area contributed by atoms with Crippen molar-refractivity contribution < 1.29 is 0 Å². The van der Waals surface area contributed by atoms with Crippen molar-refractivity contribution in [2.45, 2.75) is 31.7 Å². The third-order valence-electron chi connectivity index (χ3n) is 3.93. The van der Waals surface area contributed by atoms with Crippen molar-refractivity contribution in [2.75, 3.05) is 17.3 Å². The summed E-state index contributed by atoms with van der Waals surface area (Å²) in [6, 6.07) is 13.3. The number of fused-ring (bicyclic) bond motifs is 1. The summed E-state index contributed by atoms with van der Waals surface area (Å²) in [6.45, 7) is 1.12. The molecule has 3 rings (SSSR count). The minimum absolute atomic E-state index is 0.618. The van der Waals surface area contributed by atoms with E-state index in [1.807, 2.05) is 6.07 Å². The first-order valence-electron chi connectivity index (χ1n) is 7.07. The number of hydrogen-bond donors (Lipinski definition) is 0. The Morgan fingerprint density at radius 3 is 3.00 bits per heavy atom. The lowest BCUT2D eigenvalue weighted by Gasteiger charge is -2.25. The van der Waals surface area contributed by atoms with Crippen LogP contribution in [0.4, 0.5) is 5.82 Å². The fourth-order valence-corrected chi connectivity index (χ4v) is 3.12. The van der Waals surface area contributed by atoms with Crippen LogP contribution in [-0.4, -0.2) is 23.5 Å². The maximum Gasteiger partial charge on any atom is 0.129 e. The standard InChI is InChI=1S/C16H19ClN2/c17-11-3-6-14-7-4-12-19(14)16-10-9-13-5-1-2-8-15(13)18-16/h1-2,5,8-10,14H,3-4,6-7,11-12H2. The molecule has 1 aliphatic heterocycles. The Hall–Kier alpha value is -1.28.